The summed E-state index contributed by atoms with van der Waals surface area (Å²) < 4.78 is 110. The summed E-state index contributed by atoms with van der Waals surface area (Å²) >= 11 is 0. The molecule has 0 radical (unpaired) electrons. The van der Waals surface area contributed by atoms with E-state index in [0.717, 1.165) is 18.4 Å². The third kappa shape index (κ3) is 6.28. The van der Waals surface area contributed by atoms with Crippen molar-refractivity contribution in [2.24, 2.45) is 11.8 Å². The first-order chi connectivity index (χ1) is 22.1. The number of H-pyrrole nitrogens is 1. The lowest BCUT2D eigenvalue weighted by molar-refractivity contribution is -0.172. The number of ether oxygens (including phenoxy) is 2. The summed E-state index contributed by atoms with van der Waals surface area (Å²) in [5.41, 5.74) is -0.171. The highest BCUT2D eigenvalue weighted by Gasteiger charge is 2.64. The van der Waals surface area contributed by atoms with Crippen LogP contribution in [0.25, 0.3) is 11.0 Å². The van der Waals surface area contributed by atoms with E-state index in [2.05, 4.69) is 15.3 Å². The first-order valence-electron chi connectivity index (χ1n) is 15.5. The van der Waals surface area contributed by atoms with E-state index in [1.807, 2.05) is 0 Å². The molecule has 17 heteroatoms. The van der Waals surface area contributed by atoms with Gasteiger partial charge >= 0.3 is 24.0 Å². The number of hydrogen-bond donors (Lipinski definition) is 2. The minimum atomic E-state index is -4.46. The van der Waals surface area contributed by atoms with Crippen LogP contribution in [0, 0.1) is 17.7 Å². The number of nitrogens with zero attached hydrogens (tertiary/aromatic N) is 3. The molecule has 6 rings (SSSR count). The second-order valence-corrected chi connectivity index (χ2v) is 13.0. The molecule has 3 amide bonds. The van der Waals surface area contributed by atoms with Gasteiger partial charge in [-0.1, -0.05) is 6.07 Å². The van der Waals surface area contributed by atoms with Crippen molar-refractivity contribution in [3.05, 3.63) is 29.3 Å². The lowest BCUT2D eigenvalue weighted by Gasteiger charge is -2.34. The number of nitrogens with one attached hydrogen (secondary N) is 2. The molecule has 1 aromatic carbocycles. The van der Waals surface area contributed by atoms with E-state index in [9.17, 15) is 40.7 Å². The van der Waals surface area contributed by atoms with Crippen LogP contribution in [0.2, 0.25) is 0 Å². The lowest BCUT2D eigenvalue weighted by atomic mass is 9.81. The Morgan fingerprint density at radius 2 is 1.64 bits per heavy atom. The molecule has 47 heavy (non-hydrogen) atoms. The summed E-state index contributed by atoms with van der Waals surface area (Å²) in [6.45, 7) is -3.74. The molecule has 2 aromatic rings. The van der Waals surface area contributed by atoms with Crippen molar-refractivity contribution >= 4 is 29.1 Å². The van der Waals surface area contributed by atoms with Gasteiger partial charge in [-0.3, -0.25) is 4.79 Å². The van der Waals surface area contributed by atoms with Crippen LogP contribution in [0.4, 0.5) is 40.3 Å². The predicted octanol–water partition coefficient (Wildman–Crippen LogP) is 5.74. The molecule has 2 aliphatic heterocycles. The third-order valence-corrected chi connectivity index (χ3v) is 9.86. The zero-order valence-electron chi connectivity index (χ0n) is 25.3. The van der Waals surface area contributed by atoms with Crippen LogP contribution in [0.1, 0.15) is 68.3 Å². The molecule has 2 saturated heterocycles. The summed E-state index contributed by atoms with van der Waals surface area (Å²) in [5, 5.41) is 2.72. The smallest absolute Gasteiger partial charge is 0.409 e. The second kappa shape index (κ2) is 12.0. The van der Waals surface area contributed by atoms with Gasteiger partial charge in [0.05, 0.1) is 37.7 Å². The standard InChI is InChI=1S/C30H34F7N5O5/c1-46-27(45)41-11-18(19(12-41)25(43)42-13-29(34,35)30(36,37)14-42)17-5-6-20-23(21(17)31)39-24(38-20)22(15-7-9-28(32,33)10-8-15)40-26(44)47-16-3-2-4-16/h5-6,15-16,18-19,22H,2-4,7-14H2,1H3,(H,38,39)(H,40,44)/t18-,19-,22?/m1/s1. The van der Waals surface area contributed by atoms with Crippen LogP contribution in [0.3, 0.4) is 0 Å². The number of aromatic amines is 1. The number of hydrogen-bond acceptors (Lipinski definition) is 6. The molecule has 0 spiro atoms. The molecule has 10 nitrogen and oxygen atoms in total. The van der Waals surface area contributed by atoms with E-state index < -0.39 is 97.9 Å². The molecule has 258 valence electrons. The molecule has 0 bridgehead atoms. The highest BCUT2D eigenvalue weighted by Crippen LogP contribution is 2.45. The molecule has 2 saturated carbocycles. The van der Waals surface area contributed by atoms with Gasteiger partial charge in [0, 0.05) is 31.8 Å². The number of carbonyl (C=O) groups excluding carboxylic acids is 3. The molecule has 2 aliphatic carbocycles. The van der Waals surface area contributed by atoms with Crippen molar-refractivity contribution in [1.82, 2.24) is 25.1 Å². The number of alkyl halides is 6. The first kappa shape index (κ1) is 33.1. The van der Waals surface area contributed by atoms with Gasteiger partial charge in [0.2, 0.25) is 11.8 Å². The highest BCUT2D eigenvalue weighted by atomic mass is 19.3. The van der Waals surface area contributed by atoms with E-state index in [-0.39, 0.29) is 47.9 Å². The zero-order valence-corrected chi connectivity index (χ0v) is 25.3. The maximum Gasteiger partial charge on any atom is 0.409 e. The fourth-order valence-electron chi connectivity index (χ4n) is 6.92. The van der Waals surface area contributed by atoms with Crippen LogP contribution >= 0.6 is 0 Å². The molecular formula is C30H34F7N5O5. The average Bonchev–Trinajstić information content (AvgIpc) is 3.67. The fraction of sp³-hybridized carbons (Fsp3) is 0.667. The molecule has 4 fully saturated rings. The lowest BCUT2D eigenvalue weighted by Crippen LogP contribution is -2.40. The Balaban J connectivity index is 1.31. The maximum atomic E-state index is 16.3. The maximum absolute atomic E-state index is 16.3. The van der Waals surface area contributed by atoms with Gasteiger partial charge in [0.25, 0.3) is 0 Å². The predicted molar refractivity (Wildman–Crippen MR) is 150 cm³/mol. The van der Waals surface area contributed by atoms with Gasteiger partial charge in [-0.05, 0) is 49.7 Å². The molecule has 4 aliphatic rings. The Labute approximate surface area is 264 Å². The number of methoxy groups -OCH3 is 1. The molecule has 2 N–H and O–H groups in total. The number of aromatic nitrogens is 2. The summed E-state index contributed by atoms with van der Waals surface area (Å²) in [6, 6.07) is 1.82. The van der Waals surface area contributed by atoms with Crippen LogP contribution in [-0.4, -0.2) is 95.0 Å². The molecule has 1 aromatic heterocycles. The van der Waals surface area contributed by atoms with E-state index in [1.54, 1.807) is 0 Å². The van der Waals surface area contributed by atoms with Gasteiger partial charge in [-0.15, -0.1) is 0 Å². The quantitative estimate of drug-likeness (QED) is 0.377. The normalized spacial score (nSPS) is 26.2. The number of likely N-dealkylation sites (tertiary alicyclic amines) is 2. The monoisotopic (exact) mass is 677 g/mol. The number of rotatable bonds is 6. The van der Waals surface area contributed by atoms with E-state index in [0.29, 0.717) is 17.7 Å². The third-order valence-electron chi connectivity index (χ3n) is 9.86. The minimum Gasteiger partial charge on any atom is -0.453 e. The number of amides is 3. The molecule has 3 atom stereocenters. The number of benzene rings is 1. The highest BCUT2D eigenvalue weighted by molar-refractivity contribution is 5.84. The van der Waals surface area contributed by atoms with E-state index >= 15 is 4.39 Å². The summed E-state index contributed by atoms with van der Waals surface area (Å²) in [7, 11) is 1.08. The van der Waals surface area contributed by atoms with Crippen molar-refractivity contribution < 1.29 is 54.6 Å². The Morgan fingerprint density at radius 1 is 0.979 bits per heavy atom. The second-order valence-electron chi connectivity index (χ2n) is 13.0. The van der Waals surface area contributed by atoms with Crippen LogP contribution < -0.4 is 5.32 Å². The summed E-state index contributed by atoms with van der Waals surface area (Å²) in [5.74, 6) is -16.7. The Kier molecular flexibility index (Phi) is 8.47. The van der Waals surface area contributed by atoms with E-state index in [1.165, 1.54) is 12.1 Å². The van der Waals surface area contributed by atoms with Gasteiger partial charge in [-0.25, -0.2) is 27.7 Å². The largest absolute Gasteiger partial charge is 0.453 e. The number of carbonyl (C=O) groups is 3. The van der Waals surface area contributed by atoms with Gasteiger partial charge in [-0.2, -0.15) is 17.6 Å². The Morgan fingerprint density at radius 3 is 2.23 bits per heavy atom. The van der Waals surface area contributed by atoms with Crippen molar-refractivity contribution in [3.63, 3.8) is 0 Å². The van der Waals surface area contributed by atoms with Gasteiger partial charge < -0.3 is 29.6 Å². The van der Waals surface area contributed by atoms with Gasteiger partial charge in [0.1, 0.15) is 17.4 Å². The number of halogens is 7. The Bertz CT molecular complexity index is 1520. The summed E-state index contributed by atoms with van der Waals surface area (Å²) in [4.78, 5) is 47.2. The average molecular weight is 678 g/mol. The topological polar surface area (TPSA) is 117 Å². The van der Waals surface area contributed by atoms with Crippen LogP contribution in [0.15, 0.2) is 12.1 Å². The SMILES string of the molecule is COC(=O)N1C[C@H](c2ccc3[nH]c(C(NC(=O)OC4CCC4)C4CCC(F)(F)CC4)nc3c2F)[C@H](C(=O)N2CC(F)(F)C(F)(F)C2)C1. The zero-order chi connectivity index (χ0) is 33.9. The minimum absolute atomic E-state index is 0.0516. The van der Waals surface area contributed by atoms with E-state index in [4.69, 9.17) is 9.47 Å². The summed E-state index contributed by atoms with van der Waals surface area (Å²) in [6.07, 6.45) is -0.299. The molecular weight excluding hydrogens is 643 g/mol. The molecule has 3 heterocycles. The van der Waals surface area contributed by atoms with Crippen LogP contribution in [-0.2, 0) is 14.3 Å². The number of fused-ring (bicyclic) bond motifs is 1. The Hall–Kier alpha value is -3.79. The van der Waals surface area contributed by atoms with Crippen LogP contribution in [0.5, 0.6) is 0 Å². The van der Waals surface area contributed by atoms with Gasteiger partial charge in [0.15, 0.2) is 5.82 Å². The number of imidazole rings is 1. The van der Waals surface area contributed by atoms with Crippen molar-refractivity contribution in [2.45, 2.75) is 80.8 Å². The van der Waals surface area contributed by atoms with Crippen molar-refractivity contribution in [3.8, 4) is 0 Å². The fourth-order valence-corrected chi connectivity index (χ4v) is 6.92. The molecule has 1 unspecified atom stereocenters. The first-order valence-corrected chi connectivity index (χ1v) is 15.5. The van der Waals surface area contributed by atoms with Crippen molar-refractivity contribution in [2.75, 3.05) is 33.3 Å². The number of alkyl carbamates (subject to hydrolysis) is 1. The van der Waals surface area contributed by atoms with Crippen molar-refractivity contribution in [1.29, 1.82) is 0 Å².